The summed E-state index contributed by atoms with van der Waals surface area (Å²) in [4.78, 5) is 29.5. The highest BCUT2D eigenvalue weighted by Crippen LogP contribution is 2.34. The maximum Gasteiger partial charge on any atom is 0.191 e. The quantitative estimate of drug-likeness (QED) is 0.183. The molecule has 2 fully saturated rings. The summed E-state index contributed by atoms with van der Waals surface area (Å²) in [6.07, 6.45) is 10.8. The number of rotatable bonds is 8. The number of ether oxygens (including phenoxy) is 1. The van der Waals surface area contributed by atoms with Gasteiger partial charge in [-0.15, -0.1) is 0 Å². The number of nitrogens with zero attached hydrogens (tertiary/aromatic N) is 2. The largest absolute Gasteiger partial charge is 0.489 e. The van der Waals surface area contributed by atoms with Gasteiger partial charge in [-0.1, -0.05) is 28.2 Å². The van der Waals surface area contributed by atoms with Crippen LogP contribution in [0.25, 0.3) is 0 Å². The highest BCUT2D eigenvalue weighted by atomic mass is 32.2. The number of Topliss-reactive ketones (excluding diaryl/α,β-unsaturated/α-hetero) is 1. The van der Waals surface area contributed by atoms with E-state index in [1.165, 1.54) is 75.4 Å². The fourth-order valence-corrected chi connectivity index (χ4v) is 6.68. The van der Waals surface area contributed by atoms with Crippen molar-refractivity contribution in [1.29, 1.82) is 5.41 Å². The Bertz CT molecular complexity index is 1180. The Morgan fingerprint density at radius 3 is 2.26 bits per heavy atom. The molecule has 1 N–H and O–H groups in total. The van der Waals surface area contributed by atoms with Gasteiger partial charge < -0.3 is 9.64 Å². The van der Waals surface area contributed by atoms with Gasteiger partial charge in [-0.3, -0.25) is 20.0 Å². The summed E-state index contributed by atoms with van der Waals surface area (Å²) in [6, 6.07) is 10.4. The Kier molecular flexibility index (Phi) is 15.6. The molecule has 1 aromatic heterocycles. The van der Waals surface area contributed by atoms with Crippen LogP contribution in [-0.4, -0.2) is 45.0 Å². The van der Waals surface area contributed by atoms with Gasteiger partial charge in [0.15, 0.2) is 10.9 Å². The van der Waals surface area contributed by atoms with Crippen LogP contribution in [0, 0.1) is 24.2 Å². The molecule has 1 saturated heterocycles. The molecule has 2 heterocycles. The topological polar surface area (TPSA) is 83.4 Å². The van der Waals surface area contributed by atoms with Gasteiger partial charge in [0, 0.05) is 29.9 Å². The molecule has 2 aliphatic carbocycles. The Labute approximate surface area is 265 Å². The number of pyridine rings is 1. The first-order valence-corrected chi connectivity index (χ1v) is 16.7. The summed E-state index contributed by atoms with van der Waals surface area (Å²) >= 11 is 1.10. The third-order valence-corrected chi connectivity index (χ3v) is 9.09. The van der Waals surface area contributed by atoms with E-state index in [1.807, 2.05) is 45.0 Å². The fourth-order valence-electron chi connectivity index (χ4n) is 5.99. The van der Waals surface area contributed by atoms with Crippen LogP contribution in [0.3, 0.4) is 0 Å². The molecular weight excluding hydrogens is 554 g/mol. The van der Waals surface area contributed by atoms with Crippen LogP contribution in [-0.2, 0) is 24.2 Å². The van der Waals surface area contributed by atoms with E-state index >= 15 is 0 Å². The van der Waals surface area contributed by atoms with Crippen LogP contribution in [0.4, 0.5) is 0 Å². The molecule has 0 spiro atoms. The molecule has 5 rings (SSSR count). The van der Waals surface area contributed by atoms with E-state index in [4.69, 9.17) is 10.1 Å². The Hall–Kier alpha value is -2.51. The maximum absolute atomic E-state index is 11.3. The van der Waals surface area contributed by atoms with Gasteiger partial charge >= 0.3 is 0 Å². The third-order valence-electron chi connectivity index (χ3n) is 8.39. The number of likely N-dealkylation sites (tertiary alicyclic amines) is 1. The summed E-state index contributed by atoms with van der Waals surface area (Å²) in [5, 5.41) is 8.40. The fraction of sp³-hybridized carbons (Fsp3) is 0.611. The highest BCUT2D eigenvalue weighted by Gasteiger charge is 2.33. The zero-order chi connectivity index (χ0) is 30.6. The number of hydrogen-bond donors (Lipinski definition) is 1. The minimum absolute atomic E-state index is 0. The lowest BCUT2D eigenvalue weighted by Gasteiger charge is -2.35. The zero-order valence-corrected chi connectivity index (χ0v) is 27.4. The molecule has 0 bridgehead atoms. The second-order valence-electron chi connectivity index (χ2n) is 11.7. The van der Waals surface area contributed by atoms with Crippen LogP contribution in [0.2, 0.25) is 0 Å². The van der Waals surface area contributed by atoms with Crippen molar-refractivity contribution in [3.05, 3.63) is 58.4 Å². The molecule has 3 aliphatic rings. The first-order chi connectivity index (χ1) is 20.2. The van der Waals surface area contributed by atoms with Gasteiger partial charge in [-0.2, -0.15) is 0 Å². The average Bonchev–Trinajstić information content (AvgIpc) is 3.83. The molecule has 0 radical (unpaired) electrons. The van der Waals surface area contributed by atoms with Crippen LogP contribution in [0.15, 0.2) is 30.3 Å². The SMILES string of the molecule is C.CC.CC(=O)SC(=N)CC(C)C1CCN(C2CC2)CC1.CC(=O)c1ccc(OCc2cc(C)nc3c2CCCC3)cc1. The lowest BCUT2D eigenvalue weighted by atomic mass is 9.84. The van der Waals surface area contributed by atoms with E-state index in [9.17, 15) is 9.59 Å². The first kappa shape index (κ1) is 36.7. The lowest BCUT2D eigenvalue weighted by molar-refractivity contribution is -0.109. The van der Waals surface area contributed by atoms with Crippen molar-refractivity contribution < 1.29 is 14.3 Å². The summed E-state index contributed by atoms with van der Waals surface area (Å²) in [6.45, 7) is 14.4. The molecule has 1 unspecified atom stereocenters. The Morgan fingerprint density at radius 1 is 1.05 bits per heavy atom. The normalized spacial score (nSPS) is 17.1. The molecular formula is C36H55N3O3S. The van der Waals surface area contributed by atoms with E-state index in [2.05, 4.69) is 22.9 Å². The number of hydrogen-bond acceptors (Lipinski definition) is 7. The van der Waals surface area contributed by atoms with Crippen molar-refractivity contribution in [2.24, 2.45) is 11.8 Å². The number of aromatic nitrogens is 1. The van der Waals surface area contributed by atoms with Crippen LogP contribution in [0.1, 0.15) is 120 Å². The van der Waals surface area contributed by atoms with E-state index in [-0.39, 0.29) is 18.3 Å². The number of ketones is 1. The maximum atomic E-state index is 11.3. The molecule has 0 amide bonds. The van der Waals surface area contributed by atoms with E-state index in [0.717, 1.165) is 54.4 Å². The van der Waals surface area contributed by atoms with Gasteiger partial charge in [-0.25, -0.2) is 0 Å². The van der Waals surface area contributed by atoms with Crippen molar-refractivity contribution in [2.75, 3.05) is 13.1 Å². The van der Waals surface area contributed by atoms with Crippen LogP contribution >= 0.6 is 11.8 Å². The molecule has 1 aromatic carbocycles. The van der Waals surface area contributed by atoms with Gasteiger partial charge in [0.25, 0.3) is 0 Å². The zero-order valence-electron chi connectivity index (χ0n) is 26.6. The Balaban J connectivity index is 0.000000283. The number of carbonyl (C=O) groups excluding carboxylic acids is 2. The molecule has 1 atom stereocenters. The summed E-state index contributed by atoms with van der Waals surface area (Å²) in [5.74, 6) is 2.16. The smallest absolute Gasteiger partial charge is 0.191 e. The summed E-state index contributed by atoms with van der Waals surface area (Å²) in [7, 11) is 0. The van der Waals surface area contributed by atoms with Gasteiger partial charge in [-0.05, 0) is 150 Å². The van der Waals surface area contributed by atoms with Crippen molar-refractivity contribution in [1.82, 2.24) is 9.88 Å². The highest BCUT2D eigenvalue weighted by molar-refractivity contribution is 8.26. The van der Waals surface area contributed by atoms with Crippen LogP contribution < -0.4 is 4.74 Å². The molecule has 6 nitrogen and oxygen atoms in total. The van der Waals surface area contributed by atoms with Crippen molar-refractivity contribution in [2.45, 2.75) is 119 Å². The second kappa shape index (κ2) is 18.3. The average molecular weight is 610 g/mol. The minimum Gasteiger partial charge on any atom is -0.489 e. The van der Waals surface area contributed by atoms with Gasteiger partial charge in [0.05, 0.1) is 5.04 Å². The molecule has 238 valence electrons. The number of piperidine rings is 1. The number of carbonyl (C=O) groups is 2. The number of benzene rings is 1. The Morgan fingerprint density at radius 2 is 1.67 bits per heavy atom. The second-order valence-corrected chi connectivity index (χ2v) is 13.0. The van der Waals surface area contributed by atoms with Gasteiger partial charge in [0.2, 0.25) is 0 Å². The van der Waals surface area contributed by atoms with E-state index < -0.39 is 0 Å². The number of fused-ring (bicyclic) bond motifs is 1. The van der Waals surface area contributed by atoms with E-state index in [0.29, 0.717) is 23.1 Å². The predicted molar refractivity (Wildman–Crippen MR) is 182 cm³/mol. The molecule has 1 saturated carbocycles. The van der Waals surface area contributed by atoms with Gasteiger partial charge in [0.1, 0.15) is 12.4 Å². The van der Waals surface area contributed by atoms with Crippen molar-refractivity contribution in [3.8, 4) is 5.75 Å². The number of nitrogens with one attached hydrogen (secondary N) is 1. The lowest BCUT2D eigenvalue weighted by Crippen LogP contribution is -2.37. The predicted octanol–water partition coefficient (Wildman–Crippen LogP) is 8.86. The van der Waals surface area contributed by atoms with Crippen molar-refractivity contribution >= 4 is 27.7 Å². The first-order valence-electron chi connectivity index (χ1n) is 15.9. The molecule has 2 aromatic rings. The molecule has 43 heavy (non-hydrogen) atoms. The van der Waals surface area contributed by atoms with Crippen LogP contribution in [0.5, 0.6) is 5.75 Å². The number of aryl methyl sites for hydroxylation is 2. The number of thioether (sulfide) groups is 1. The molecule has 1 aliphatic heterocycles. The third kappa shape index (κ3) is 11.8. The molecule has 7 heteroatoms. The standard InChI is InChI=1S/C19H21NO2.C14H24N2OS.C2H6.CH4/c1-13-11-16(18-5-3-4-6-19(18)20-13)12-22-17-9-7-15(8-10-17)14(2)21;1-10(9-14(15)18-11(2)17)12-5-7-16(8-6-12)13-3-4-13;1-2;/h7-11H,3-6,12H2,1-2H3;10,12-13,15H,3-9H2,1-2H3;1-2H3;1H4. The summed E-state index contributed by atoms with van der Waals surface area (Å²) in [5.41, 5.74) is 5.64. The monoisotopic (exact) mass is 609 g/mol. The minimum atomic E-state index is 0. The van der Waals surface area contributed by atoms with E-state index in [1.54, 1.807) is 6.92 Å². The summed E-state index contributed by atoms with van der Waals surface area (Å²) < 4.78 is 5.91. The van der Waals surface area contributed by atoms with Crippen molar-refractivity contribution in [3.63, 3.8) is 0 Å².